The van der Waals surface area contributed by atoms with Crippen molar-refractivity contribution in [3.05, 3.63) is 41.5 Å². The minimum absolute atomic E-state index is 0.231. The summed E-state index contributed by atoms with van der Waals surface area (Å²) < 4.78 is 0. The van der Waals surface area contributed by atoms with Crippen LogP contribution in [0.25, 0.3) is 6.08 Å². The van der Waals surface area contributed by atoms with E-state index in [0.29, 0.717) is 12.0 Å². The summed E-state index contributed by atoms with van der Waals surface area (Å²) in [6.45, 7) is 7.45. The zero-order valence-corrected chi connectivity index (χ0v) is 13.5. The molecular formula is C19H27NO. The molecule has 0 saturated carbocycles. The lowest BCUT2D eigenvalue weighted by Gasteiger charge is -2.44. The number of rotatable bonds is 7. The van der Waals surface area contributed by atoms with E-state index in [-0.39, 0.29) is 5.91 Å². The van der Waals surface area contributed by atoms with Crippen molar-refractivity contribution in [1.29, 1.82) is 0 Å². The van der Waals surface area contributed by atoms with Crippen molar-refractivity contribution in [1.82, 2.24) is 4.90 Å². The summed E-state index contributed by atoms with van der Waals surface area (Å²) >= 11 is 0. The van der Waals surface area contributed by atoms with Gasteiger partial charge in [-0.1, -0.05) is 70.4 Å². The topological polar surface area (TPSA) is 20.3 Å². The molecule has 1 unspecified atom stereocenters. The number of hydrogen-bond donors (Lipinski definition) is 0. The van der Waals surface area contributed by atoms with Crippen molar-refractivity contribution in [3.8, 4) is 0 Å². The molecule has 114 valence electrons. The highest BCUT2D eigenvalue weighted by Crippen LogP contribution is 2.32. The van der Waals surface area contributed by atoms with Crippen LogP contribution in [-0.4, -0.2) is 23.4 Å². The van der Waals surface area contributed by atoms with Gasteiger partial charge in [0, 0.05) is 12.1 Å². The number of β-lactam (4-membered cyclic amide) rings is 1. The van der Waals surface area contributed by atoms with Gasteiger partial charge in [-0.2, -0.15) is 0 Å². The zero-order chi connectivity index (χ0) is 15.2. The second-order valence-electron chi connectivity index (χ2n) is 6.37. The molecule has 1 aliphatic rings. The van der Waals surface area contributed by atoms with Crippen molar-refractivity contribution in [2.24, 2.45) is 5.92 Å². The van der Waals surface area contributed by atoms with E-state index in [0.717, 1.165) is 24.1 Å². The monoisotopic (exact) mass is 285 g/mol. The SMILES string of the molecule is CCCCCC1/C(=C/c2ccccc2)C(=O)N1CC(C)C. The van der Waals surface area contributed by atoms with E-state index in [1.165, 1.54) is 19.3 Å². The Kier molecular flexibility index (Phi) is 5.60. The van der Waals surface area contributed by atoms with E-state index in [1.807, 2.05) is 18.2 Å². The van der Waals surface area contributed by atoms with E-state index in [2.05, 4.69) is 43.9 Å². The summed E-state index contributed by atoms with van der Waals surface area (Å²) in [4.78, 5) is 14.5. The highest BCUT2D eigenvalue weighted by atomic mass is 16.2. The van der Waals surface area contributed by atoms with Crippen LogP contribution in [0.5, 0.6) is 0 Å². The first kappa shape index (κ1) is 15.8. The number of amides is 1. The molecule has 1 aromatic carbocycles. The largest absolute Gasteiger partial charge is 0.331 e. The molecule has 1 atom stereocenters. The average Bonchev–Trinajstić information content (AvgIpc) is 2.49. The fourth-order valence-electron chi connectivity index (χ4n) is 2.94. The predicted molar refractivity (Wildman–Crippen MR) is 88.9 cm³/mol. The smallest absolute Gasteiger partial charge is 0.252 e. The van der Waals surface area contributed by atoms with Gasteiger partial charge in [0.25, 0.3) is 5.91 Å². The Morgan fingerprint density at radius 2 is 1.90 bits per heavy atom. The van der Waals surface area contributed by atoms with Gasteiger partial charge in [0.2, 0.25) is 0 Å². The number of benzene rings is 1. The number of hydrogen-bond acceptors (Lipinski definition) is 1. The summed E-state index contributed by atoms with van der Waals surface area (Å²) in [5.41, 5.74) is 2.13. The van der Waals surface area contributed by atoms with Gasteiger partial charge in [0.1, 0.15) is 0 Å². The van der Waals surface area contributed by atoms with Crippen LogP contribution in [0, 0.1) is 5.92 Å². The van der Waals surface area contributed by atoms with Crippen molar-refractivity contribution in [2.75, 3.05) is 6.54 Å². The van der Waals surface area contributed by atoms with Crippen LogP contribution >= 0.6 is 0 Å². The maximum Gasteiger partial charge on any atom is 0.252 e. The zero-order valence-electron chi connectivity index (χ0n) is 13.5. The maximum atomic E-state index is 12.4. The summed E-state index contributed by atoms with van der Waals surface area (Å²) in [5, 5.41) is 0. The van der Waals surface area contributed by atoms with Crippen molar-refractivity contribution < 1.29 is 4.79 Å². The fourth-order valence-corrected chi connectivity index (χ4v) is 2.94. The molecule has 1 fully saturated rings. The Morgan fingerprint density at radius 1 is 1.19 bits per heavy atom. The van der Waals surface area contributed by atoms with Gasteiger partial charge in [-0.05, 0) is 24.0 Å². The standard InChI is InChI=1S/C19H27NO/c1-4-5-7-12-18-17(13-16-10-8-6-9-11-16)19(21)20(18)14-15(2)3/h6,8-11,13,15,18H,4-5,7,12,14H2,1-3H3/b17-13-. The summed E-state index contributed by atoms with van der Waals surface area (Å²) in [6, 6.07) is 10.5. The lowest BCUT2D eigenvalue weighted by atomic mass is 9.87. The molecule has 1 heterocycles. The normalized spacial score (nSPS) is 20.2. The van der Waals surface area contributed by atoms with E-state index >= 15 is 0 Å². The molecule has 0 radical (unpaired) electrons. The quantitative estimate of drug-likeness (QED) is 0.410. The Labute approximate surface area is 128 Å². The molecule has 1 amide bonds. The van der Waals surface area contributed by atoms with Crippen LogP contribution < -0.4 is 0 Å². The minimum atomic E-state index is 0.231. The molecule has 1 aromatic rings. The predicted octanol–water partition coefficient (Wildman–Crippen LogP) is 4.52. The van der Waals surface area contributed by atoms with Crippen LogP contribution in [0.15, 0.2) is 35.9 Å². The molecule has 0 aromatic heterocycles. The first-order valence-corrected chi connectivity index (χ1v) is 8.21. The van der Waals surface area contributed by atoms with Crippen molar-refractivity contribution >= 4 is 12.0 Å². The number of carbonyl (C=O) groups is 1. The molecule has 0 N–H and O–H groups in total. The third-order valence-corrected chi connectivity index (χ3v) is 4.01. The van der Waals surface area contributed by atoms with Gasteiger partial charge < -0.3 is 4.90 Å². The summed E-state index contributed by atoms with van der Waals surface area (Å²) in [7, 11) is 0. The third-order valence-electron chi connectivity index (χ3n) is 4.01. The van der Waals surface area contributed by atoms with Gasteiger partial charge >= 0.3 is 0 Å². The average molecular weight is 285 g/mol. The number of nitrogens with zero attached hydrogens (tertiary/aromatic N) is 1. The summed E-state index contributed by atoms with van der Waals surface area (Å²) in [5.74, 6) is 0.759. The molecular weight excluding hydrogens is 258 g/mol. The van der Waals surface area contributed by atoms with E-state index < -0.39 is 0 Å². The minimum Gasteiger partial charge on any atom is -0.331 e. The van der Waals surface area contributed by atoms with Crippen LogP contribution in [0.1, 0.15) is 52.0 Å². The molecule has 2 rings (SSSR count). The fraction of sp³-hybridized carbons (Fsp3) is 0.526. The lowest BCUT2D eigenvalue weighted by Crippen LogP contribution is -2.56. The Morgan fingerprint density at radius 3 is 2.52 bits per heavy atom. The van der Waals surface area contributed by atoms with Crippen LogP contribution in [0.3, 0.4) is 0 Å². The van der Waals surface area contributed by atoms with Crippen LogP contribution in [0.2, 0.25) is 0 Å². The first-order valence-electron chi connectivity index (χ1n) is 8.21. The second-order valence-corrected chi connectivity index (χ2v) is 6.37. The van der Waals surface area contributed by atoms with E-state index in [4.69, 9.17) is 0 Å². The van der Waals surface area contributed by atoms with Crippen LogP contribution in [-0.2, 0) is 4.79 Å². The Bertz CT molecular complexity index is 490. The van der Waals surface area contributed by atoms with Crippen molar-refractivity contribution in [3.63, 3.8) is 0 Å². The second kappa shape index (κ2) is 7.44. The van der Waals surface area contributed by atoms with Gasteiger partial charge in [-0.25, -0.2) is 0 Å². The molecule has 21 heavy (non-hydrogen) atoms. The van der Waals surface area contributed by atoms with Gasteiger partial charge in [0.15, 0.2) is 0 Å². The van der Waals surface area contributed by atoms with Crippen LogP contribution in [0.4, 0.5) is 0 Å². The highest BCUT2D eigenvalue weighted by Gasteiger charge is 2.40. The molecule has 0 spiro atoms. The summed E-state index contributed by atoms with van der Waals surface area (Å²) in [6.07, 6.45) is 6.86. The molecule has 2 heteroatoms. The third kappa shape index (κ3) is 3.96. The molecule has 1 aliphatic heterocycles. The molecule has 2 nitrogen and oxygen atoms in total. The molecule has 0 aliphatic carbocycles. The van der Waals surface area contributed by atoms with Gasteiger partial charge in [-0.3, -0.25) is 4.79 Å². The van der Waals surface area contributed by atoms with Gasteiger partial charge in [-0.15, -0.1) is 0 Å². The number of likely N-dealkylation sites (tertiary alicyclic amines) is 1. The van der Waals surface area contributed by atoms with Crippen molar-refractivity contribution in [2.45, 2.75) is 52.5 Å². The number of carbonyl (C=O) groups excluding carboxylic acids is 1. The first-order chi connectivity index (χ1) is 10.1. The van der Waals surface area contributed by atoms with Gasteiger partial charge in [0.05, 0.1) is 6.04 Å². The van der Waals surface area contributed by atoms with E-state index in [9.17, 15) is 4.79 Å². The molecule has 0 bridgehead atoms. The lowest BCUT2D eigenvalue weighted by molar-refractivity contribution is -0.137. The molecule has 1 saturated heterocycles. The highest BCUT2D eigenvalue weighted by molar-refractivity contribution is 6.05. The Hall–Kier alpha value is -1.57. The maximum absolute atomic E-state index is 12.4. The Balaban J connectivity index is 2.11. The van der Waals surface area contributed by atoms with E-state index in [1.54, 1.807) is 0 Å². The number of unbranched alkanes of at least 4 members (excludes halogenated alkanes) is 2.